The predicted molar refractivity (Wildman–Crippen MR) is 174 cm³/mol. The van der Waals surface area contributed by atoms with E-state index in [9.17, 15) is 14.4 Å². The fraction of sp³-hybridized carbons (Fsp3) is 0.429. The molecule has 1 aromatic rings. The molecule has 1 aliphatic carbocycles. The van der Waals surface area contributed by atoms with Crippen LogP contribution in [0, 0.1) is 11.8 Å². The summed E-state index contributed by atoms with van der Waals surface area (Å²) in [5.74, 6) is 4.09. The summed E-state index contributed by atoms with van der Waals surface area (Å²) in [5, 5.41) is 0. The lowest BCUT2D eigenvalue weighted by Crippen LogP contribution is -2.52. The van der Waals surface area contributed by atoms with Crippen LogP contribution >= 0.6 is 8.58 Å². The predicted octanol–water partition coefficient (Wildman–Crippen LogP) is 5.36. The average Bonchev–Trinajstić information content (AvgIpc) is 3.89. The van der Waals surface area contributed by atoms with Crippen LogP contribution in [-0.4, -0.2) is 66.6 Å². The van der Waals surface area contributed by atoms with Crippen LogP contribution in [-0.2, 0) is 14.3 Å². The number of allylic oxidation sites excluding steroid dienone is 5. The Balaban J connectivity index is 1.12. The SMILES string of the molecule is COC(/C=C(\C)C(=O)N1CCC2(CC1)CC(=O)c1cc(C3=CPCC(C(=O)CN)=C3)ccc1O2)=C1\C=CN=C(C2CC2)C1C. The van der Waals surface area contributed by atoms with Gasteiger partial charge >= 0.3 is 0 Å². The molecule has 230 valence electrons. The highest BCUT2D eigenvalue weighted by atomic mass is 31.1. The summed E-state index contributed by atoms with van der Waals surface area (Å²) in [6.07, 6.45) is 12.1. The van der Waals surface area contributed by atoms with Gasteiger partial charge in [0.25, 0.3) is 0 Å². The Labute approximate surface area is 260 Å². The summed E-state index contributed by atoms with van der Waals surface area (Å²) in [6, 6.07) is 5.69. The molecule has 1 saturated carbocycles. The number of rotatable bonds is 7. The maximum Gasteiger partial charge on any atom is 0.249 e. The van der Waals surface area contributed by atoms with Gasteiger partial charge in [-0.05, 0) is 73.3 Å². The van der Waals surface area contributed by atoms with E-state index in [1.165, 1.54) is 18.6 Å². The Morgan fingerprint density at radius 2 is 2.02 bits per heavy atom. The second kappa shape index (κ2) is 12.4. The zero-order chi connectivity index (χ0) is 31.0. The van der Waals surface area contributed by atoms with Crippen molar-refractivity contribution in [2.45, 2.75) is 51.6 Å². The minimum absolute atomic E-state index is 0.000952. The Morgan fingerprint density at radius 3 is 2.73 bits per heavy atom. The maximum absolute atomic E-state index is 13.5. The highest BCUT2D eigenvalue weighted by molar-refractivity contribution is 7.42. The number of nitrogens with two attached hydrogens (primary N) is 1. The molecule has 1 amide bonds. The molecule has 2 fully saturated rings. The molecular formula is C35H40N3O5P. The lowest BCUT2D eigenvalue weighted by molar-refractivity contribution is -0.130. The van der Waals surface area contributed by atoms with Crippen molar-refractivity contribution < 1.29 is 23.9 Å². The number of ketones is 2. The van der Waals surface area contributed by atoms with Crippen molar-refractivity contribution in [2.75, 3.05) is 32.9 Å². The third kappa shape index (κ3) is 6.02. The highest BCUT2D eigenvalue weighted by Gasteiger charge is 2.44. The largest absolute Gasteiger partial charge is 0.496 e. The van der Waals surface area contributed by atoms with Crippen molar-refractivity contribution in [1.82, 2.24) is 4.90 Å². The van der Waals surface area contributed by atoms with Crippen molar-refractivity contribution >= 4 is 37.3 Å². The number of fused-ring (bicyclic) bond motifs is 1. The molecule has 9 heteroatoms. The van der Waals surface area contributed by atoms with Gasteiger partial charge in [-0.3, -0.25) is 19.4 Å². The van der Waals surface area contributed by atoms with Crippen molar-refractivity contribution in [1.29, 1.82) is 0 Å². The number of carbonyl (C=O) groups is 3. The Hall–Kier alpha value is -3.61. The van der Waals surface area contributed by atoms with Crippen LogP contribution < -0.4 is 10.5 Å². The molecule has 2 unspecified atom stereocenters. The van der Waals surface area contributed by atoms with Crippen LogP contribution in [0.1, 0.15) is 61.9 Å². The maximum atomic E-state index is 13.5. The third-order valence-electron chi connectivity index (χ3n) is 9.38. The summed E-state index contributed by atoms with van der Waals surface area (Å²) in [6.45, 7) is 5.01. The van der Waals surface area contributed by atoms with Crippen molar-refractivity contribution in [3.63, 3.8) is 0 Å². The number of likely N-dealkylation sites (tertiary alicyclic amines) is 1. The minimum Gasteiger partial charge on any atom is -0.496 e. The summed E-state index contributed by atoms with van der Waals surface area (Å²) in [4.78, 5) is 45.5. The molecule has 5 aliphatic rings. The van der Waals surface area contributed by atoms with Crippen molar-refractivity contribution in [2.24, 2.45) is 22.6 Å². The first-order valence-electron chi connectivity index (χ1n) is 15.5. The van der Waals surface area contributed by atoms with Crippen LogP contribution in [0.3, 0.4) is 0 Å². The van der Waals surface area contributed by atoms with E-state index in [0.29, 0.717) is 69.2 Å². The molecule has 2 atom stereocenters. The Kier molecular flexibility index (Phi) is 8.58. The molecular weight excluding hydrogens is 573 g/mol. The van der Waals surface area contributed by atoms with Gasteiger partial charge in [-0.2, -0.15) is 0 Å². The van der Waals surface area contributed by atoms with E-state index in [1.54, 1.807) is 7.11 Å². The number of methoxy groups -OCH3 is 1. The summed E-state index contributed by atoms with van der Waals surface area (Å²) in [7, 11) is 2.14. The summed E-state index contributed by atoms with van der Waals surface area (Å²) < 4.78 is 12.3. The third-order valence-corrected chi connectivity index (χ3v) is 10.5. The normalized spacial score (nSPS) is 24.7. The Morgan fingerprint density at radius 1 is 1.25 bits per heavy atom. The number of hydrogen-bond donors (Lipinski definition) is 1. The first-order chi connectivity index (χ1) is 21.2. The number of amides is 1. The molecule has 44 heavy (non-hydrogen) atoms. The zero-order valence-corrected chi connectivity index (χ0v) is 26.7. The second-order valence-corrected chi connectivity index (χ2v) is 13.4. The van der Waals surface area contributed by atoms with Gasteiger partial charge in [-0.25, -0.2) is 0 Å². The van der Waals surface area contributed by atoms with Gasteiger partial charge in [0.1, 0.15) is 17.1 Å². The van der Waals surface area contributed by atoms with Gasteiger partial charge in [0.15, 0.2) is 11.6 Å². The molecule has 6 rings (SSSR count). The zero-order valence-electron chi connectivity index (χ0n) is 25.7. The van der Waals surface area contributed by atoms with Crippen LogP contribution in [0.15, 0.2) is 75.9 Å². The average molecular weight is 614 g/mol. The molecule has 8 nitrogen and oxygen atoms in total. The van der Waals surface area contributed by atoms with Crippen LogP contribution in [0.25, 0.3) is 5.57 Å². The first kappa shape index (κ1) is 30.4. The van der Waals surface area contributed by atoms with Crippen molar-refractivity contribution in [3.8, 4) is 5.75 Å². The van der Waals surface area contributed by atoms with Gasteiger partial charge in [-0.15, -0.1) is 0 Å². The van der Waals surface area contributed by atoms with E-state index >= 15 is 0 Å². The van der Waals surface area contributed by atoms with E-state index in [1.807, 2.05) is 54.5 Å². The van der Waals surface area contributed by atoms with Gasteiger partial charge in [0.2, 0.25) is 5.91 Å². The molecule has 4 aliphatic heterocycles. The molecule has 4 heterocycles. The number of hydrogen-bond acceptors (Lipinski definition) is 7. The number of piperidine rings is 1. The number of carbonyl (C=O) groups excluding carboxylic acids is 3. The van der Waals surface area contributed by atoms with Crippen LogP contribution in [0.5, 0.6) is 5.75 Å². The smallest absolute Gasteiger partial charge is 0.249 e. The number of ether oxygens (including phenoxy) is 2. The molecule has 1 saturated heterocycles. The fourth-order valence-corrected chi connectivity index (χ4v) is 7.71. The number of Topliss-reactive ketones (excluding diaryl/α,β-unsaturated/α-hetero) is 2. The lowest BCUT2D eigenvalue weighted by Gasteiger charge is -2.44. The monoisotopic (exact) mass is 613 g/mol. The quantitative estimate of drug-likeness (QED) is 0.252. The van der Waals surface area contributed by atoms with Crippen LogP contribution in [0.2, 0.25) is 0 Å². The van der Waals surface area contributed by atoms with Gasteiger partial charge in [0.05, 0.1) is 25.6 Å². The molecule has 1 aromatic carbocycles. The topological polar surface area (TPSA) is 111 Å². The molecule has 0 bridgehead atoms. The van der Waals surface area contributed by atoms with E-state index in [-0.39, 0.29) is 36.4 Å². The summed E-state index contributed by atoms with van der Waals surface area (Å²) >= 11 is 0. The van der Waals surface area contributed by atoms with E-state index in [2.05, 4.69) is 17.7 Å². The standard InChI is InChI=1S/C35H40N3O5P/c1-21(14-32(42-3)27-8-11-37-33(22(27)2)23-4-5-23)34(41)38-12-9-35(10-13-38)17-29(39)28-16-24(6-7-31(28)43-35)25-15-26(20-44-19-25)30(40)18-36/h6-8,11,14-16,19,22-23,44H,4-5,9-10,12-13,17-18,20,36H2,1-3H3/b21-14+,32-27+. The Bertz CT molecular complexity index is 1580. The van der Waals surface area contributed by atoms with Gasteiger partial charge < -0.3 is 20.1 Å². The fourth-order valence-electron chi connectivity index (χ4n) is 6.62. The van der Waals surface area contributed by atoms with E-state index in [0.717, 1.165) is 22.3 Å². The van der Waals surface area contributed by atoms with Gasteiger partial charge in [0, 0.05) is 60.5 Å². The highest BCUT2D eigenvalue weighted by Crippen LogP contribution is 2.42. The summed E-state index contributed by atoms with van der Waals surface area (Å²) in [5.41, 5.74) is 11.0. The number of aliphatic imine (C=N–C) groups is 1. The molecule has 1 spiro atoms. The van der Waals surface area contributed by atoms with E-state index < -0.39 is 5.60 Å². The number of nitrogens with zero attached hydrogens (tertiary/aromatic N) is 2. The molecule has 0 aromatic heterocycles. The van der Waals surface area contributed by atoms with Crippen molar-refractivity contribution in [3.05, 3.63) is 82.0 Å². The van der Waals surface area contributed by atoms with Gasteiger partial charge in [-0.1, -0.05) is 27.4 Å². The van der Waals surface area contributed by atoms with Crippen LogP contribution in [0.4, 0.5) is 0 Å². The molecule has 2 N–H and O–H groups in total. The lowest BCUT2D eigenvalue weighted by atomic mass is 9.81. The van der Waals surface area contributed by atoms with E-state index in [4.69, 9.17) is 15.2 Å². The minimum atomic E-state index is -0.618. The number of benzene rings is 1. The second-order valence-electron chi connectivity index (χ2n) is 12.4. The molecule has 0 radical (unpaired) electrons. The first-order valence-corrected chi connectivity index (χ1v) is 16.7.